The van der Waals surface area contributed by atoms with Crippen molar-refractivity contribution in [2.45, 2.75) is 0 Å². The van der Waals surface area contributed by atoms with Crippen LogP contribution in [-0.2, 0) is 0 Å². The number of hydrogen-bond donors (Lipinski definition) is 0. The Labute approximate surface area is 294 Å². The molecule has 1 aromatic heterocycles. The standard InChI is InChI=1S/C48H31NS/c1-2-11-36-30-37(25-24-32(36)10-1)35-22-20-33(21-23-35)34-26-28-39(29-27-34)49(45-18-9-17-44-43-16-7-8-19-47(43)50-48(44)45)46-31-38-12-3-4-13-40(38)41-14-5-6-15-42(41)46/h1-31H. The van der Waals surface area contributed by atoms with Gasteiger partial charge in [0.2, 0.25) is 0 Å². The summed E-state index contributed by atoms with van der Waals surface area (Å²) in [5.74, 6) is 0. The normalized spacial score (nSPS) is 11.6. The summed E-state index contributed by atoms with van der Waals surface area (Å²) in [6.07, 6.45) is 0. The Balaban J connectivity index is 1.11. The van der Waals surface area contributed by atoms with Gasteiger partial charge in [0.05, 0.1) is 16.1 Å². The Kier molecular flexibility index (Phi) is 6.75. The molecule has 0 fully saturated rings. The van der Waals surface area contributed by atoms with E-state index in [1.165, 1.54) is 86.1 Å². The van der Waals surface area contributed by atoms with E-state index in [1.807, 2.05) is 11.3 Å². The van der Waals surface area contributed by atoms with Gasteiger partial charge in [0.15, 0.2) is 0 Å². The van der Waals surface area contributed by atoms with Crippen LogP contribution in [0, 0.1) is 0 Å². The van der Waals surface area contributed by atoms with Gasteiger partial charge in [0.1, 0.15) is 0 Å². The van der Waals surface area contributed by atoms with Crippen LogP contribution in [0.3, 0.4) is 0 Å². The highest BCUT2D eigenvalue weighted by atomic mass is 32.1. The van der Waals surface area contributed by atoms with Gasteiger partial charge >= 0.3 is 0 Å². The lowest BCUT2D eigenvalue weighted by molar-refractivity contribution is 1.32. The third-order valence-electron chi connectivity index (χ3n) is 10.0. The molecule has 0 radical (unpaired) electrons. The summed E-state index contributed by atoms with van der Waals surface area (Å²) in [5.41, 5.74) is 8.36. The minimum atomic E-state index is 1.13. The highest BCUT2D eigenvalue weighted by Crippen LogP contribution is 2.47. The second-order valence-corrected chi connectivity index (χ2v) is 14.0. The number of hydrogen-bond acceptors (Lipinski definition) is 2. The lowest BCUT2D eigenvalue weighted by Crippen LogP contribution is -2.10. The van der Waals surface area contributed by atoms with Crippen molar-refractivity contribution in [3.8, 4) is 22.3 Å². The maximum absolute atomic E-state index is 2.47. The molecule has 0 saturated heterocycles. The summed E-state index contributed by atoms with van der Waals surface area (Å²) in [7, 11) is 0. The summed E-state index contributed by atoms with van der Waals surface area (Å²) < 4.78 is 2.60. The molecule has 0 atom stereocenters. The predicted molar refractivity (Wildman–Crippen MR) is 217 cm³/mol. The first-order valence-electron chi connectivity index (χ1n) is 17.1. The van der Waals surface area contributed by atoms with E-state index >= 15 is 0 Å². The predicted octanol–water partition coefficient (Wildman–Crippen LogP) is 14.3. The zero-order valence-corrected chi connectivity index (χ0v) is 28.1. The van der Waals surface area contributed by atoms with Crippen molar-refractivity contribution in [1.82, 2.24) is 0 Å². The number of nitrogens with zero attached hydrogens (tertiary/aromatic N) is 1. The van der Waals surface area contributed by atoms with Crippen molar-refractivity contribution in [2.24, 2.45) is 0 Å². The average Bonchev–Trinajstić information content (AvgIpc) is 3.58. The van der Waals surface area contributed by atoms with Crippen molar-refractivity contribution >= 4 is 80.9 Å². The largest absolute Gasteiger partial charge is 0.308 e. The van der Waals surface area contributed by atoms with Crippen LogP contribution in [0.5, 0.6) is 0 Å². The zero-order valence-electron chi connectivity index (χ0n) is 27.3. The van der Waals surface area contributed by atoms with Crippen molar-refractivity contribution in [2.75, 3.05) is 4.90 Å². The third-order valence-corrected chi connectivity index (χ3v) is 11.2. The van der Waals surface area contributed by atoms with Crippen LogP contribution >= 0.6 is 11.3 Å². The quantitative estimate of drug-likeness (QED) is 0.167. The number of anilines is 3. The fourth-order valence-corrected chi connectivity index (χ4v) is 8.77. The maximum atomic E-state index is 2.47. The Morgan fingerprint density at radius 2 is 0.880 bits per heavy atom. The molecular formula is C48H31NS. The molecule has 0 amide bonds. The highest BCUT2D eigenvalue weighted by molar-refractivity contribution is 7.26. The lowest BCUT2D eigenvalue weighted by Gasteiger charge is -2.28. The minimum Gasteiger partial charge on any atom is -0.308 e. The first-order valence-corrected chi connectivity index (χ1v) is 17.9. The van der Waals surface area contributed by atoms with Crippen LogP contribution in [0.2, 0.25) is 0 Å². The molecule has 0 aliphatic carbocycles. The van der Waals surface area contributed by atoms with E-state index in [-0.39, 0.29) is 0 Å². The Morgan fingerprint density at radius 1 is 0.320 bits per heavy atom. The number of fused-ring (bicyclic) bond motifs is 7. The third kappa shape index (κ3) is 4.76. The van der Waals surface area contributed by atoms with E-state index in [1.54, 1.807) is 0 Å². The van der Waals surface area contributed by atoms with E-state index in [0.29, 0.717) is 0 Å². The summed E-state index contributed by atoms with van der Waals surface area (Å²) in [6, 6.07) is 68.7. The van der Waals surface area contributed by atoms with Crippen LogP contribution < -0.4 is 4.90 Å². The second-order valence-electron chi connectivity index (χ2n) is 12.9. The highest BCUT2D eigenvalue weighted by Gasteiger charge is 2.21. The van der Waals surface area contributed by atoms with E-state index in [4.69, 9.17) is 0 Å². The molecule has 0 spiro atoms. The van der Waals surface area contributed by atoms with Gasteiger partial charge in [-0.15, -0.1) is 11.3 Å². The molecule has 0 N–H and O–H groups in total. The van der Waals surface area contributed by atoms with Crippen LogP contribution in [0.15, 0.2) is 188 Å². The van der Waals surface area contributed by atoms with E-state index in [9.17, 15) is 0 Å². The molecule has 10 aromatic rings. The molecule has 9 aromatic carbocycles. The summed E-state index contributed by atoms with van der Waals surface area (Å²) in [6.45, 7) is 0. The monoisotopic (exact) mass is 653 g/mol. The maximum Gasteiger partial charge on any atom is 0.0640 e. The van der Waals surface area contributed by atoms with Crippen molar-refractivity contribution in [3.63, 3.8) is 0 Å². The van der Waals surface area contributed by atoms with E-state index in [2.05, 4.69) is 193 Å². The Morgan fingerprint density at radius 3 is 1.66 bits per heavy atom. The van der Waals surface area contributed by atoms with Gasteiger partial charge in [0, 0.05) is 26.5 Å². The SMILES string of the molecule is c1ccc2cc(-c3ccc(-c4ccc(N(c5cc6ccccc6c6ccccc56)c5cccc6c5sc5ccccc56)cc4)cc3)ccc2c1. The molecule has 50 heavy (non-hydrogen) atoms. The molecular weight excluding hydrogens is 623 g/mol. The van der Waals surface area contributed by atoms with Gasteiger partial charge in [-0.25, -0.2) is 0 Å². The molecule has 0 saturated carbocycles. The van der Waals surface area contributed by atoms with Gasteiger partial charge in [-0.05, 0) is 85.6 Å². The number of benzene rings is 9. The minimum absolute atomic E-state index is 1.13. The van der Waals surface area contributed by atoms with Crippen molar-refractivity contribution < 1.29 is 0 Å². The topological polar surface area (TPSA) is 3.24 Å². The lowest BCUT2D eigenvalue weighted by atomic mass is 9.97. The molecule has 1 heterocycles. The fraction of sp³-hybridized carbons (Fsp3) is 0. The van der Waals surface area contributed by atoms with Gasteiger partial charge in [0.25, 0.3) is 0 Å². The van der Waals surface area contributed by atoms with Crippen LogP contribution in [-0.4, -0.2) is 0 Å². The molecule has 0 aliphatic rings. The van der Waals surface area contributed by atoms with E-state index in [0.717, 1.165) is 5.69 Å². The van der Waals surface area contributed by atoms with Crippen molar-refractivity contribution in [3.05, 3.63) is 188 Å². The van der Waals surface area contributed by atoms with Gasteiger partial charge < -0.3 is 4.90 Å². The van der Waals surface area contributed by atoms with Crippen LogP contribution in [0.4, 0.5) is 17.1 Å². The van der Waals surface area contributed by atoms with Crippen LogP contribution in [0.25, 0.3) is 74.7 Å². The fourth-order valence-electron chi connectivity index (χ4n) is 7.56. The van der Waals surface area contributed by atoms with Gasteiger partial charge in [-0.3, -0.25) is 0 Å². The average molecular weight is 654 g/mol. The number of thiophene rings is 1. The van der Waals surface area contributed by atoms with Gasteiger partial charge in [-0.2, -0.15) is 0 Å². The molecule has 0 bridgehead atoms. The van der Waals surface area contributed by atoms with Crippen molar-refractivity contribution in [1.29, 1.82) is 0 Å². The number of rotatable bonds is 5. The molecule has 10 rings (SSSR count). The molecule has 0 unspecified atom stereocenters. The second kappa shape index (κ2) is 11.7. The van der Waals surface area contributed by atoms with E-state index < -0.39 is 0 Å². The zero-order chi connectivity index (χ0) is 33.0. The Hall–Kier alpha value is -6.22. The summed E-state index contributed by atoms with van der Waals surface area (Å²) >= 11 is 1.87. The molecule has 0 aliphatic heterocycles. The first kappa shape index (κ1) is 28.8. The van der Waals surface area contributed by atoms with Crippen LogP contribution in [0.1, 0.15) is 0 Å². The summed E-state index contributed by atoms with van der Waals surface area (Å²) in [5, 5.41) is 10.1. The molecule has 1 nitrogen and oxygen atoms in total. The molecule has 2 heteroatoms. The molecule has 234 valence electrons. The smallest absolute Gasteiger partial charge is 0.0640 e. The summed E-state index contributed by atoms with van der Waals surface area (Å²) in [4.78, 5) is 2.47. The Bertz CT molecular complexity index is 2860. The van der Waals surface area contributed by atoms with Gasteiger partial charge in [-0.1, -0.05) is 152 Å². The first-order chi connectivity index (χ1) is 24.8.